The largest absolute Gasteiger partial charge is 0.399 e. The summed E-state index contributed by atoms with van der Waals surface area (Å²) in [4.78, 5) is 5.12. The molecule has 5 heteroatoms. The van der Waals surface area contributed by atoms with Crippen molar-refractivity contribution >= 4 is 30.5 Å². The minimum absolute atomic E-state index is 0. The van der Waals surface area contributed by atoms with Crippen LogP contribution in [0.2, 0.25) is 0 Å². The van der Waals surface area contributed by atoms with Gasteiger partial charge < -0.3 is 10.6 Å². The maximum atomic E-state index is 5.85. The van der Waals surface area contributed by atoms with Crippen LogP contribution in [0.15, 0.2) is 24.3 Å². The van der Waals surface area contributed by atoms with Gasteiger partial charge in [-0.3, -0.25) is 4.90 Å². The summed E-state index contributed by atoms with van der Waals surface area (Å²) in [7, 11) is 2.29. The molecule has 0 amide bonds. The van der Waals surface area contributed by atoms with E-state index in [9.17, 15) is 0 Å². The Morgan fingerprint density at radius 3 is 2.55 bits per heavy atom. The molecule has 0 bridgehead atoms. The summed E-state index contributed by atoms with van der Waals surface area (Å²) in [6.07, 6.45) is 4.25. The molecule has 1 aromatic rings. The number of likely N-dealkylation sites (tertiary alicyclic amines) is 1. The zero-order valence-electron chi connectivity index (χ0n) is 13.4. The van der Waals surface area contributed by atoms with Crippen LogP contribution in [0.1, 0.15) is 24.8 Å². The molecule has 2 aliphatic rings. The summed E-state index contributed by atoms with van der Waals surface area (Å²) in [6.45, 7) is 6.10. The number of hydrogen-bond acceptors (Lipinski definition) is 3. The molecule has 1 unspecified atom stereocenters. The summed E-state index contributed by atoms with van der Waals surface area (Å²) < 4.78 is 0. The average molecular weight is 346 g/mol. The van der Waals surface area contributed by atoms with Crippen LogP contribution in [-0.2, 0) is 6.54 Å². The first-order valence-electron chi connectivity index (χ1n) is 7.94. The first-order chi connectivity index (χ1) is 9.69. The Morgan fingerprint density at radius 2 is 1.86 bits per heavy atom. The molecular formula is C17H29Cl2N3. The van der Waals surface area contributed by atoms with Gasteiger partial charge in [0.1, 0.15) is 0 Å². The molecule has 1 heterocycles. The molecule has 1 saturated carbocycles. The average Bonchev–Trinajstić information content (AvgIpc) is 3.09. The third kappa shape index (κ3) is 5.96. The van der Waals surface area contributed by atoms with E-state index in [1.54, 1.807) is 0 Å². The Balaban J connectivity index is 0.00000121. The van der Waals surface area contributed by atoms with Crippen molar-refractivity contribution in [3.05, 3.63) is 29.8 Å². The predicted octanol–water partition coefficient (Wildman–Crippen LogP) is 3.28. The van der Waals surface area contributed by atoms with Gasteiger partial charge >= 0.3 is 0 Å². The van der Waals surface area contributed by atoms with Gasteiger partial charge in [-0.1, -0.05) is 12.1 Å². The van der Waals surface area contributed by atoms with E-state index < -0.39 is 0 Å². The van der Waals surface area contributed by atoms with Crippen LogP contribution in [0.4, 0.5) is 5.69 Å². The van der Waals surface area contributed by atoms with Crippen molar-refractivity contribution < 1.29 is 0 Å². The number of hydrogen-bond donors (Lipinski definition) is 1. The summed E-state index contributed by atoms with van der Waals surface area (Å²) in [6, 6.07) is 8.31. The molecule has 0 spiro atoms. The highest BCUT2D eigenvalue weighted by Gasteiger charge is 2.27. The van der Waals surface area contributed by atoms with Gasteiger partial charge in [-0.05, 0) is 62.4 Å². The van der Waals surface area contributed by atoms with Gasteiger partial charge in [0.2, 0.25) is 0 Å². The molecule has 0 radical (unpaired) electrons. The highest BCUT2D eigenvalue weighted by Crippen LogP contribution is 2.30. The van der Waals surface area contributed by atoms with Gasteiger partial charge in [-0.15, -0.1) is 24.8 Å². The summed E-state index contributed by atoms with van der Waals surface area (Å²) in [5.41, 5.74) is 8.07. The monoisotopic (exact) mass is 345 g/mol. The van der Waals surface area contributed by atoms with Crippen molar-refractivity contribution in [1.29, 1.82) is 0 Å². The summed E-state index contributed by atoms with van der Waals surface area (Å²) in [5, 5.41) is 0. The molecule has 1 saturated heterocycles. The second kappa shape index (κ2) is 8.97. The lowest BCUT2D eigenvalue weighted by molar-refractivity contribution is 0.253. The van der Waals surface area contributed by atoms with E-state index in [0.29, 0.717) is 0 Å². The molecule has 1 aromatic carbocycles. The van der Waals surface area contributed by atoms with Crippen molar-refractivity contribution in [3.63, 3.8) is 0 Å². The second-order valence-electron chi connectivity index (χ2n) is 6.80. The van der Waals surface area contributed by atoms with E-state index in [2.05, 4.69) is 35.0 Å². The molecule has 2 fully saturated rings. The van der Waals surface area contributed by atoms with Crippen molar-refractivity contribution in [3.8, 4) is 0 Å². The smallest absolute Gasteiger partial charge is 0.0317 e. The van der Waals surface area contributed by atoms with Gasteiger partial charge in [0.15, 0.2) is 0 Å². The normalized spacial score (nSPS) is 21.5. The number of anilines is 1. The van der Waals surface area contributed by atoms with Gasteiger partial charge in [0.25, 0.3) is 0 Å². The zero-order valence-corrected chi connectivity index (χ0v) is 15.0. The lowest BCUT2D eigenvalue weighted by atomic mass is 10.1. The van der Waals surface area contributed by atoms with E-state index in [-0.39, 0.29) is 24.8 Å². The minimum atomic E-state index is 0. The van der Waals surface area contributed by atoms with Gasteiger partial charge in [-0.2, -0.15) is 0 Å². The third-order valence-corrected chi connectivity index (χ3v) is 4.56. The lowest BCUT2D eigenvalue weighted by Gasteiger charge is -2.21. The van der Waals surface area contributed by atoms with E-state index in [1.807, 2.05) is 6.07 Å². The fourth-order valence-corrected chi connectivity index (χ4v) is 3.41. The Labute approximate surface area is 147 Å². The summed E-state index contributed by atoms with van der Waals surface area (Å²) in [5.74, 6) is 1.85. The van der Waals surface area contributed by atoms with E-state index in [0.717, 1.165) is 24.1 Å². The maximum absolute atomic E-state index is 5.85. The van der Waals surface area contributed by atoms with Crippen molar-refractivity contribution in [2.24, 2.45) is 11.8 Å². The highest BCUT2D eigenvalue weighted by molar-refractivity contribution is 5.85. The Hall–Kier alpha value is -0.480. The lowest BCUT2D eigenvalue weighted by Crippen LogP contribution is -2.29. The molecule has 0 aromatic heterocycles. The van der Waals surface area contributed by atoms with Crippen LogP contribution in [0.3, 0.4) is 0 Å². The molecule has 2 N–H and O–H groups in total. The van der Waals surface area contributed by atoms with Crippen molar-refractivity contribution in [2.75, 3.05) is 39.0 Å². The number of benzene rings is 1. The first kappa shape index (κ1) is 19.6. The van der Waals surface area contributed by atoms with Crippen LogP contribution in [0, 0.1) is 11.8 Å². The van der Waals surface area contributed by atoms with E-state index in [4.69, 9.17) is 5.73 Å². The van der Waals surface area contributed by atoms with Crippen molar-refractivity contribution in [1.82, 2.24) is 9.80 Å². The quantitative estimate of drug-likeness (QED) is 0.803. The Morgan fingerprint density at radius 1 is 1.14 bits per heavy atom. The fourth-order valence-electron chi connectivity index (χ4n) is 3.41. The molecule has 3 nitrogen and oxygen atoms in total. The predicted molar refractivity (Wildman–Crippen MR) is 99.0 cm³/mol. The maximum Gasteiger partial charge on any atom is 0.0317 e. The Bertz CT molecular complexity index is 451. The van der Waals surface area contributed by atoms with E-state index in [1.165, 1.54) is 51.0 Å². The molecule has 3 rings (SSSR count). The van der Waals surface area contributed by atoms with Crippen LogP contribution in [0.25, 0.3) is 0 Å². The van der Waals surface area contributed by atoms with Crippen LogP contribution in [-0.4, -0.2) is 43.0 Å². The highest BCUT2D eigenvalue weighted by atomic mass is 35.5. The first-order valence-corrected chi connectivity index (χ1v) is 7.94. The number of halogens is 2. The third-order valence-electron chi connectivity index (χ3n) is 4.56. The van der Waals surface area contributed by atoms with Gasteiger partial charge in [0.05, 0.1) is 0 Å². The standard InChI is InChI=1S/C17H27N3.2ClH/c1-19(10-14-5-6-14)11-16-7-8-20(13-16)12-15-3-2-4-17(18)9-15;;/h2-4,9,14,16H,5-8,10-13,18H2,1H3;2*1H. The number of rotatable bonds is 6. The molecular weight excluding hydrogens is 317 g/mol. The van der Waals surface area contributed by atoms with Gasteiger partial charge in [0, 0.05) is 31.9 Å². The molecule has 22 heavy (non-hydrogen) atoms. The van der Waals surface area contributed by atoms with Crippen LogP contribution >= 0.6 is 24.8 Å². The second-order valence-corrected chi connectivity index (χ2v) is 6.80. The molecule has 126 valence electrons. The van der Waals surface area contributed by atoms with E-state index >= 15 is 0 Å². The molecule has 1 aliphatic carbocycles. The SMILES string of the molecule is CN(CC1CC1)CC1CCN(Cc2cccc(N)c2)C1.Cl.Cl. The number of nitrogen functional groups attached to an aromatic ring is 1. The number of nitrogens with two attached hydrogens (primary N) is 1. The minimum Gasteiger partial charge on any atom is -0.399 e. The topological polar surface area (TPSA) is 32.5 Å². The van der Waals surface area contributed by atoms with Gasteiger partial charge in [-0.25, -0.2) is 0 Å². The summed E-state index contributed by atoms with van der Waals surface area (Å²) >= 11 is 0. The van der Waals surface area contributed by atoms with Crippen LogP contribution in [0.5, 0.6) is 0 Å². The Kier molecular flexibility index (Phi) is 7.98. The zero-order chi connectivity index (χ0) is 13.9. The number of nitrogens with zero attached hydrogens (tertiary/aromatic N) is 2. The molecule has 1 atom stereocenters. The van der Waals surface area contributed by atoms with Crippen molar-refractivity contribution in [2.45, 2.75) is 25.8 Å². The van der Waals surface area contributed by atoms with Crippen LogP contribution < -0.4 is 5.73 Å². The molecule has 1 aliphatic heterocycles. The fraction of sp³-hybridized carbons (Fsp3) is 0.647.